The molecule has 2 heterocycles. The second-order valence-corrected chi connectivity index (χ2v) is 6.39. The Bertz CT molecular complexity index is 843. The molecule has 1 aromatic heterocycles. The van der Waals surface area contributed by atoms with Crippen molar-refractivity contribution in [1.82, 2.24) is 4.98 Å². The summed E-state index contributed by atoms with van der Waals surface area (Å²) in [6.07, 6.45) is -2.85. The lowest BCUT2D eigenvalue weighted by Gasteiger charge is -2.35. The summed E-state index contributed by atoms with van der Waals surface area (Å²) in [5, 5.41) is 3.05. The Labute approximate surface area is 165 Å². The molecular formula is C19H22F4N4O2. The molecule has 3 N–H and O–H groups in total. The van der Waals surface area contributed by atoms with Crippen LogP contribution in [0.25, 0.3) is 0 Å². The third-order valence-corrected chi connectivity index (χ3v) is 4.10. The first-order valence-corrected chi connectivity index (χ1v) is 8.63. The number of anilines is 2. The molecule has 0 spiro atoms. The summed E-state index contributed by atoms with van der Waals surface area (Å²) in [5.41, 5.74) is 3.54. The standard InChI is InChI=1S/C12H11FN2O.C7H11F3N2O/c1-16-11-3-2-8-14-12(11)15-10-6-4-9(13)5-7-10;1-4-3-13-6(2,5(11)12-4)7(8,9)10/h2-8H,1H3,(H,14,15);4H,3H2,1-2H3,(H2,11,12)/t;4-,6+/m.0/s1. The van der Waals surface area contributed by atoms with E-state index in [1.807, 2.05) is 0 Å². The molecule has 0 unspecified atom stereocenters. The van der Waals surface area contributed by atoms with E-state index in [0.717, 1.165) is 12.6 Å². The van der Waals surface area contributed by atoms with Crippen LogP contribution in [0.3, 0.4) is 0 Å². The van der Waals surface area contributed by atoms with Gasteiger partial charge in [-0.2, -0.15) is 13.2 Å². The molecule has 29 heavy (non-hydrogen) atoms. The molecule has 6 nitrogen and oxygen atoms in total. The van der Waals surface area contributed by atoms with E-state index in [1.54, 1.807) is 44.5 Å². The minimum absolute atomic E-state index is 0.0588. The predicted molar refractivity (Wildman–Crippen MR) is 102 cm³/mol. The fraction of sp³-hybridized carbons (Fsp3) is 0.368. The number of benzene rings is 1. The first-order chi connectivity index (χ1) is 13.6. The van der Waals surface area contributed by atoms with Crippen LogP contribution < -0.4 is 15.8 Å². The number of aromatic nitrogens is 1. The molecule has 0 saturated heterocycles. The Hall–Kier alpha value is -2.88. The molecule has 0 radical (unpaired) electrons. The van der Waals surface area contributed by atoms with Crippen LogP contribution in [0, 0.1) is 5.82 Å². The predicted octanol–water partition coefficient (Wildman–Crippen LogP) is 4.06. The summed E-state index contributed by atoms with van der Waals surface area (Å²) >= 11 is 0. The number of amidine groups is 1. The van der Waals surface area contributed by atoms with Crippen molar-refractivity contribution in [1.29, 1.82) is 0 Å². The Morgan fingerprint density at radius 3 is 2.45 bits per heavy atom. The van der Waals surface area contributed by atoms with Gasteiger partial charge in [0, 0.05) is 11.9 Å². The lowest BCUT2D eigenvalue weighted by Crippen LogP contribution is -2.58. The van der Waals surface area contributed by atoms with Gasteiger partial charge >= 0.3 is 6.18 Å². The minimum atomic E-state index is -4.51. The van der Waals surface area contributed by atoms with Gasteiger partial charge in [-0.3, -0.25) is 4.99 Å². The highest BCUT2D eigenvalue weighted by molar-refractivity contribution is 5.90. The quantitative estimate of drug-likeness (QED) is 0.741. The number of methoxy groups -OCH3 is 1. The molecule has 1 aliphatic heterocycles. The molecule has 1 aliphatic rings. The summed E-state index contributed by atoms with van der Waals surface area (Å²) in [6.45, 7) is 2.47. The van der Waals surface area contributed by atoms with Crippen molar-refractivity contribution in [2.45, 2.75) is 31.7 Å². The van der Waals surface area contributed by atoms with Crippen LogP contribution in [0.15, 0.2) is 47.6 Å². The van der Waals surface area contributed by atoms with Crippen LogP contribution in [-0.2, 0) is 4.74 Å². The summed E-state index contributed by atoms with van der Waals surface area (Å²) in [7, 11) is 1.58. The zero-order valence-corrected chi connectivity index (χ0v) is 16.1. The van der Waals surface area contributed by atoms with Crippen molar-refractivity contribution in [3.8, 4) is 5.75 Å². The van der Waals surface area contributed by atoms with E-state index in [-0.39, 0.29) is 18.5 Å². The van der Waals surface area contributed by atoms with Gasteiger partial charge in [-0.05, 0) is 50.2 Å². The first kappa shape index (κ1) is 22.4. The second kappa shape index (κ2) is 9.08. The maximum atomic E-state index is 12.7. The van der Waals surface area contributed by atoms with Crippen molar-refractivity contribution < 1.29 is 27.0 Å². The second-order valence-electron chi connectivity index (χ2n) is 6.39. The highest BCUT2D eigenvalue weighted by atomic mass is 19.4. The Kier molecular flexibility index (Phi) is 7.02. The average molecular weight is 414 g/mol. The highest BCUT2D eigenvalue weighted by Gasteiger charge is 2.57. The van der Waals surface area contributed by atoms with Gasteiger partial charge in [0.05, 0.1) is 19.8 Å². The van der Waals surface area contributed by atoms with E-state index >= 15 is 0 Å². The monoisotopic (exact) mass is 414 g/mol. The van der Waals surface area contributed by atoms with E-state index in [0.29, 0.717) is 11.6 Å². The molecule has 0 bridgehead atoms. The fourth-order valence-corrected chi connectivity index (χ4v) is 2.31. The minimum Gasteiger partial charge on any atom is -0.493 e. The number of nitrogens with zero attached hydrogens (tertiary/aromatic N) is 2. The Morgan fingerprint density at radius 1 is 1.24 bits per heavy atom. The van der Waals surface area contributed by atoms with E-state index in [2.05, 4.69) is 20.0 Å². The fourth-order valence-electron chi connectivity index (χ4n) is 2.31. The van der Waals surface area contributed by atoms with E-state index in [1.165, 1.54) is 12.1 Å². The number of nitrogens with one attached hydrogen (secondary N) is 1. The van der Waals surface area contributed by atoms with Gasteiger partial charge in [0.1, 0.15) is 11.7 Å². The highest BCUT2D eigenvalue weighted by Crippen LogP contribution is 2.35. The SMILES string of the molecule is COc1cccnc1Nc1ccc(F)cc1.C[C@H]1CO[C@@](C)(C(F)(F)F)C(N)=N1. The van der Waals surface area contributed by atoms with Crippen LogP contribution in [0.4, 0.5) is 29.1 Å². The molecule has 158 valence electrons. The van der Waals surface area contributed by atoms with Crippen molar-refractivity contribution in [2.75, 3.05) is 19.0 Å². The van der Waals surface area contributed by atoms with Crippen LogP contribution in [0.2, 0.25) is 0 Å². The van der Waals surface area contributed by atoms with Gasteiger partial charge in [-0.1, -0.05) is 0 Å². The molecule has 0 fully saturated rings. The molecule has 0 saturated carbocycles. The van der Waals surface area contributed by atoms with Crippen LogP contribution in [-0.4, -0.2) is 42.4 Å². The number of pyridine rings is 1. The topological polar surface area (TPSA) is 81.8 Å². The number of alkyl halides is 3. The third-order valence-electron chi connectivity index (χ3n) is 4.10. The largest absolute Gasteiger partial charge is 0.493 e. The number of aliphatic imine (C=N–C) groups is 1. The normalized spacial score (nSPS) is 21.5. The van der Waals surface area contributed by atoms with Crippen molar-refractivity contribution >= 4 is 17.3 Å². The molecule has 1 aromatic carbocycles. The molecular weight excluding hydrogens is 392 g/mol. The van der Waals surface area contributed by atoms with Gasteiger partial charge in [-0.15, -0.1) is 0 Å². The average Bonchev–Trinajstić information content (AvgIpc) is 2.67. The number of rotatable bonds is 3. The van der Waals surface area contributed by atoms with Crippen LogP contribution in [0.5, 0.6) is 5.75 Å². The zero-order valence-electron chi connectivity index (χ0n) is 16.1. The van der Waals surface area contributed by atoms with E-state index in [4.69, 9.17) is 10.5 Å². The summed E-state index contributed by atoms with van der Waals surface area (Å²) in [5.74, 6) is 0.487. The molecule has 3 rings (SSSR count). The number of halogens is 4. The lowest BCUT2D eigenvalue weighted by atomic mass is 10.0. The number of ether oxygens (including phenoxy) is 2. The summed E-state index contributed by atoms with van der Waals surface area (Å²) in [6, 6.07) is 9.34. The Morgan fingerprint density at radius 2 is 1.90 bits per heavy atom. The summed E-state index contributed by atoms with van der Waals surface area (Å²) in [4.78, 5) is 7.79. The molecule has 2 atom stereocenters. The maximum absolute atomic E-state index is 12.7. The number of hydrogen-bond acceptors (Lipinski definition) is 6. The van der Waals surface area contributed by atoms with Gasteiger partial charge in [0.15, 0.2) is 11.6 Å². The number of hydrogen-bond donors (Lipinski definition) is 2. The van der Waals surface area contributed by atoms with Gasteiger partial charge < -0.3 is 20.5 Å². The molecule has 0 amide bonds. The zero-order chi connectivity index (χ0) is 21.7. The van der Waals surface area contributed by atoms with Gasteiger partial charge in [0.25, 0.3) is 0 Å². The van der Waals surface area contributed by atoms with Crippen LogP contribution >= 0.6 is 0 Å². The molecule has 0 aliphatic carbocycles. The maximum Gasteiger partial charge on any atom is 0.424 e. The van der Waals surface area contributed by atoms with Crippen molar-refractivity contribution in [2.24, 2.45) is 10.7 Å². The number of nitrogens with two attached hydrogens (primary N) is 1. The van der Waals surface area contributed by atoms with Gasteiger partial charge in [0.2, 0.25) is 5.60 Å². The lowest BCUT2D eigenvalue weighted by molar-refractivity contribution is -0.245. The molecule has 2 aromatic rings. The smallest absolute Gasteiger partial charge is 0.424 e. The van der Waals surface area contributed by atoms with Gasteiger partial charge in [-0.25, -0.2) is 9.37 Å². The Balaban J connectivity index is 0.000000212. The molecule has 10 heteroatoms. The van der Waals surface area contributed by atoms with E-state index < -0.39 is 17.6 Å². The summed E-state index contributed by atoms with van der Waals surface area (Å²) < 4.78 is 59.8. The van der Waals surface area contributed by atoms with Crippen molar-refractivity contribution in [3.05, 3.63) is 48.4 Å². The van der Waals surface area contributed by atoms with E-state index in [9.17, 15) is 17.6 Å². The first-order valence-electron chi connectivity index (χ1n) is 8.63. The third kappa shape index (κ3) is 5.57. The van der Waals surface area contributed by atoms with Crippen molar-refractivity contribution in [3.63, 3.8) is 0 Å². The van der Waals surface area contributed by atoms with Crippen LogP contribution in [0.1, 0.15) is 13.8 Å².